The van der Waals surface area contributed by atoms with E-state index in [9.17, 15) is 9.90 Å². The molecule has 0 saturated heterocycles. The van der Waals surface area contributed by atoms with Gasteiger partial charge in [-0.25, -0.2) is 0 Å². The van der Waals surface area contributed by atoms with Crippen LogP contribution in [0.2, 0.25) is 0 Å². The highest BCUT2D eigenvalue weighted by Crippen LogP contribution is 2.01. The molecule has 0 radical (unpaired) electrons. The van der Waals surface area contributed by atoms with E-state index < -0.39 is 12.1 Å². The summed E-state index contributed by atoms with van der Waals surface area (Å²) in [4.78, 5) is 15.4. The molecule has 5 nitrogen and oxygen atoms in total. The van der Waals surface area contributed by atoms with Crippen LogP contribution in [0.15, 0.2) is 0 Å². The first-order valence-corrected chi connectivity index (χ1v) is 7.36. The third kappa shape index (κ3) is 8.18. The van der Waals surface area contributed by atoms with Crippen LogP contribution in [0.25, 0.3) is 0 Å². The minimum Gasteiger partial charge on any atom is -0.547 e. The molecule has 0 aromatic rings. The van der Waals surface area contributed by atoms with Crippen molar-refractivity contribution < 1.29 is 14.6 Å². The summed E-state index contributed by atoms with van der Waals surface area (Å²) in [6, 6.07) is 0. The Balaban J connectivity index is 4.02. The van der Waals surface area contributed by atoms with Crippen LogP contribution in [0.3, 0.4) is 0 Å². The maximum atomic E-state index is 11.0. The monoisotopic (exact) mass is 273 g/mol. The van der Waals surface area contributed by atoms with Crippen LogP contribution in [0, 0.1) is 0 Å². The number of nitrogens with zero attached hydrogens (tertiary/aromatic N) is 2. The van der Waals surface area contributed by atoms with E-state index in [1.165, 1.54) is 0 Å². The molecule has 0 amide bonds. The lowest BCUT2D eigenvalue weighted by atomic mass is 10.2. The van der Waals surface area contributed by atoms with Crippen LogP contribution in [0.5, 0.6) is 0 Å². The third-order valence-corrected chi connectivity index (χ3v) is 3.49. The van der Waals surface area contributed by atoms with E-state index in [2.05, 4.69) is 37.5 Å². The highest BCUT2D eigenvalue weighted by atomic mass is 16.5. The molecule has 0 bridgehead atoms. The Kier molecular flexibility index (Phi) is 10.8. The second-order valence-electron chi connectivity index (χ2n) is 4.52. The smallest absolute Gasteiger partial charge is 0.0981 e. The summed E-state index contributed by atoms with van der Waals surface area (Å²) in [7, 11) is 0. The summed E-state index contributed by atoms with van der Waals surface area (Å²) >= 11 is 0. The molecular weight excluding hydrogens is 244 g/mol. The number of aliphatic carboxylic acids is 1. The molecule has 0 aromatic carbocycles. The van der Waals surface area contributed by atoms with Crippen molar-refractivity contribution in [3.63, 3.8) is 0 Å². The fourth-order valence-electron chi connectivity index (χ4n) is 1.97. The maximum absolute atomic E-state index is 11.0. The zero-order chi connectivity index (χ0) is 14.7. The van der Waals surface area contributed by atoms with Gasteiger partial charge in [-0.15, -0.1) is 0 Å². The van der Waals surface area contributed by atoms with Gasteiger partial charge >= 0.3 is 0 Å². The number of likely N-dealkylation sites (N-methyl/N-ethyl adjacent to an activating group) is 1. The van der Waals surface area contributed by atoms with Gasteiger partial charge in [0.05, 0.1) is 18.7 Å². The second kappa shape index (κ2) is 11.2. The molecule has 114 valence electrons. The Morgan fingerprint density at radius 3 is 1.89 bits per heavy atom. The first-order valence-electron chi connectivity index (χ1n) is 7.36. The van der Waals surface area contributed by atoms with Crippen LogP contribution < -0.4 is 5.11 Å². The van der Waals surface area contributed by atoms with Crippen molar-refractivity contribution in [3.8, 4) is 0 Å². The van der Waals surface area contributed by atoms with Gasteiger partial charge in [-0.1, -0.05) is 27.7 Å². The molecular formula is C14H29N2O3-. The van der Waals surface area contributed by atoms with Gasteiger partial charge in [0.2, 0.25) is 0 Å². The van der Waals surface area contributed by atoms with Crippen LogP contribution in [-0.4, -0.2) is 67.7 Å². The van der Waals surface area contributed by atoms with Gasteiger partial charge in [0.25, 0.3) is 0 Å². The summed E-state index contributed by atoms with van der Waals surface area (Å²) in [6.45, 7) is 14.0. The molecule has 1 unspecified atom stereocenters. The summed E-state index contributed by atoms with van der Waals surface area (Å²) in [5.41, 5.74) is 0. The van der Waals surface area contributed by atoms with Crippen molar-refractivity contribution in [3.05, 3.63) is 0 Å². The zero-order valence-electron chi connectivity index (χ0n) is 12.9. The lowest BCUT2D eigenvalue weighted by Gasteiger charge is -2.25. The number of ether oxygens (including phenoxy) is 1. The minimum absolute atomic E-state index is 0.443. The lowest BCUT2D eigenvalue weighted by Crippen LogP contribution is -2.41. The Bertz CT molecular complexity index is 229. The molecule has 0 aliphatic heterocycles. The number of carbonyl (C=O) groups is 1. The summed E-state index contributed by atoms with van der Waals surface area (Å²) < 4.78 is 5.45. The lowest BCUT2D eigenvalue weighted by molar-refractivity contribution is -0.317. The Morgan fingerprint density at radius 2 is 1.47 bits per heavy atom. The Hall–Kier alpha value is -0.650. The van der Waals surface area contributed by atoms with Crippen molar-refractivity contribution in [1.82, 2.24) is 9.80 Å². The van der Waals surface area contributed by atoms with Gasteiger partial charge in [0.1, 0.15) is 0 Å². The van der Waals surface area contributed by atoms with Crippen LogP contribution in [0.4, 0.5) is 0 Å². The van der Waals surface area contributed by atoms with E-state index in [0.717, 1.165) is 39.3 Å². The number of rotatable bonds is 12. The fraction of sp³-hybridized carbons (Fsp3) is 0.929. The Labute approximate surface area is 117 Å². The number of carbonyl (C=O) groups excluding carboxylic acids is 1. The highest BCUT2D eigenvalue weighted by Gasteiger charge is 2.12. The molecule has 0 aliphatic carbocycles. The largest absolute Gasteiger partial charge is 0.547 e. The first kappa shape index (κ1) is 18.4. The molecule has 0 heterocycles. The average molecular weight is 273 g/mol. The van der Waals surface area contributed by atoms with Gasteiger partial charge in [0, 0.05) is 13.1 Å². The van der Waals surface area contributed by atoms with Gasteiger partial charge in [-0.2, -0.15) is 0 Å². The maximum Gasteiger partial charge on any atom is 0.0981 e. The van der Waals surface area contributed by atoms with Gasteiger partial charge in [0.15, 0.2) is 0 Å². The van der Waals surface area contributed by atoms with Crippen molar-refractivity contribution in [2.75, 3.05) is 45.9 Å². The van der Waals surface area contributed by atoms with Crippen molar-refractivity contribution >= 4 is 5.97 Å². The van der Waals surface area contributed by atoms with Crippen molar-refractivity contribution in [2.24, 2.45) is 0 Å². The molecule has 0 aromatic heterocycles. The molecule has 0 fully saturated rings. The number of carboxylic acid groups (broad SMARTS) is 1. The molecule has 5 heteroatoms. The predicted octanol–water partition coefficient (Wildman–Crippen LogP) is 0.195. The standard InChI is InChI=1S/C14H30N2O3/c1-5-15(6-2)10-9-13(14(17)18)19-12-11-16(7-3)8-4/h13H,5-12H2,1-4H3,(H,17,18)/p-1. The van der Waals surface area contributed by atoms with E-state index in [-0.39, 0.29) is 0 Å². The Morgan fingerprint density at radius 1 is 1.00 bits per heavy atom. The second-order valence-corrected chi connectivity index (χ2v) is 4.52. The summed E-state index contributed by atoms with van der Waals surface area (Å²) in [5.74, 6) is -1.10. The first-order chi connectivity index (χ1) is 9.08. The number of carboxylic acids is 1. The molecule has 0 rings (SSSR count). The average Bonchev–Trinajstić information content (AvgIpc) is 2.41. The van der Waals surface area contributed by atoms with E-state index in [4.69, 9.17) is 4.74 Å². The summed E-state index contributed by atoms with van der Waals surface area (Å²) in [5, 5.41) is 11.0. The van der Waals surface area contributed by atoms with Crippen molar-refractivity contribution in [2.45, 2.75) is 40.2 Å². The number of hydrogen-bond donors (Lipinski definition) is 0. The molecule has 0 aliphatic rings. The van der Waals surface area contributed by atoms with E-state index >= 15 is 0 Å². The van der Waals surface area contributed by atoms with Gasteiger partial charge < -0.3 is 24.4 Å². The fourth-order valence-corrected chi connectivity index (χ4v) is 1.97. The third-order valence-electron chi connectivity index (χ3n) is 3.49. The predicted molar refractivity (Wildman–Crippen MR) is 74.9 cm³/mol. The molecule has 0 saturated carbocycles. The number of hydrogen-bond acceptors (Lipinski definition) is 5. The van der Waals surface area contributed by atoms with Crippen molar-refractivity contribution in [1.29, 1.82) is 0 Å². The minimum atomic E-state index is -1.10. The van der Waals surface area contributed by atoms with Crippen LogP contribution in [0.1, 0.15) is 34.1 Å². The van der Waals surface area contributed by atoms with Crippen LogP contribution in [-0.2, 0) is 9.53 Å². The van der Waals surface area contributed by atoms with Gasteiger partial charge in [-0.3, -0.25) is 0 Å². The molecule has 1 atom stereocenters. The topological polar surface area (TPSA) is 55.8 Å². The molecule has 19 heavy (non-hydrogen) atoms. The van der Waals surface area contributed by atoms with Gasteiger partial charge in [-0.05, 0) is 32.6 Å². The highest BCUT2D eigenvalue weighted by molar-refractivity contribution is 5.69. The SMILES string of the molecule is CCN(CC)CCOC(CCN(CC)CC)C(=O)[O-]. The normalized spacial score (nSPS) is 13.2. The van der Waals surface area contributed by atoms with E-state index in [0.29, 0.717) is 13.0 Å². The molecule has 0 spiro atoms. The van der Waals surface area contributed by atoms with E-state index in [1.807, 2.05) is 0 Å². The zero-order valence-corrected chi connectivity index (χ0v) is 12.9. The quantitative estimate of drug-likeness (QED) is 0.508. The van der Waals surface area contributed by atoms with Crippen LogP contribution >= 0.6 is 0 Å². The summed E-state index contributed by atoms with van der Waals surface area (Å²) in [6.07, 6.45) is -0.307. The van der Waals surface area contributed by atoms with E-state index in [1.54, 1.807) is 0 Å². The molecule has 0 N–H and O–H groups in total.